The van der Waals surface area contributed by atoms with Crippen LogP contribution in [0.2, 0.25) is 0 Å². The number of halogens is 13. The number of aryl methyl sites for hydroxylation is 2. The molecular weight excluding hydrogens is 2990 g/mol. The van der Waals surface area contributed by atoms with Crippen molar-refractivity contribution >= 4 is 74.0 Å². The average molecular weight is 3060 g/mol. The average Bonchev–Trinajstić information content (AvgIpc) is 0.789. The van der Waals surface area contributed by atoms with Gasteiger partial charge >= 0.3 is 69.3 Å². The predicted octanol–water partition coefficient (Wildman–Crippen LogP) is 20.1. The van der Waals surface area contributed by atoms with Gasteiger partial charge in [-0.1, -0.05) is 109 Å². The van der Waals surface area contributed by atoms with Gasteiger partial charge in [0.25, 0.3) is 5.16 Å². The van der Waals surface area contributed by atoms with Crippen molar-refractivity contribution in [3.8, 4) is 68.1 Å². The smallest absolute Gasteiger partial charge is 0.497 e. The molecule has 5 N–H and O–H groups in total. The Balaban J connectivity index is 0.000000829. The number of alkyl halides is 9. The summed E-state index contributed by atoms with van der Waals surface area (Å²) in [6, 6.07) is 66.3. The fraction of sp³-hybridized carbons (Fsp3) is 0.120. The van der Waals surface area contributed by atoms with E-state index in [0.717, 1.165) is 35.5 Å². The molecule has 0 aliphatic heterocycles. The standard InChI is InChI=1S/C15H13F3NO2S.C13H6F6N.C13H11F2N2.C13H6N3.C12H8F2NO.C6H8N2O3S.4C5H5NO3S.5Ir/c1-10(2)11-6-7-19-14(9-11)12-4-3-5-13(8-12)22-21-20-15(16,17)18;14-12(15,16)9-5-8(11-3-1-2-4-20-11)6-10(7-9)13(17,18)19;1-17(2)10-5-6-16-13(8-10)11-4-3-9(14)7-12(11)15;1-15-12-7-10(9-14)6-11(8-12)13-4-2-3-5-16-13;1-16-9-4-5-15-12(7-9)10-3-2-8(13)6-11(10)14;1-4-3-5(2)8-6(7-4)12(9,10)11;4*7-10(8,9)5-3-1-2-4-6-5;;;;;/h3,5-10H,1-2H3;1-5,7H;3,5-8H,1-2H3;2-5,7-8H;2,4-7H,1H3;3H,1-2H3,(H,9,10,11);4*1-4H,(H,7,8,9);;;;;/q5*-1;;;;;;;;;;. The second-order valence-electron chi connectivity index (χ2n) is 27.7. The number of benzene rings is 5. The van der Waals surface area contributed by atoms with Crippen molar-refractivity contribution in [3.63, 3.8) is 0 Å². The topological polar surface area (TPSA) is 473 Å². The van der Waals surface area contributed by atoms with Crippen LogP contribution >= 0.6 is 12.0 Å². The number of nitriles is 1. The first-order valence-corrected chi connectivity index (χ1v) is 47.1. The van der Waals surface area contributed by atoms with E-state index in [2.05, 4.69) is 107 Å². The first kappa shape index (κ1) is 134. The van der Waals surface area contributed by atoms with E-state index in [9.17, 15) is 99.2 Å². The van der Waals surface area contributed by atoms with Gasteiger partial charge < -0.3 is 29.6 Å². The first-order chi connectivity index (χ1) is 66.9. The maximum absolute atomic E-state index is 13.5. The molecule has 795 valence electrons. The summed E-state index contributed by atoms with van der Waals surface area (Å²) in [5.41, 5.74) is 4.44. The van der Waals surface area contributed by atoms with E-state index in [4.69, 9.17) is 39.3 Å². The molecular formula is C92H72F13Ir5N14O18S6-5. The normalized spacial score (nSPS) is 10.7. The molecule has 10 aromatic heterocycles. The van der Waals surface area contributed by atoms with E-state index in [1.54, 1.807) is 105 Å². The van der Waals surface area contributed by atoms with Crippen molar-refractivity contribution < 1.29 is 236 Å². The van der Waals surface area contributed by atoms with Crippen LogP contribution in [0.3, 0.4) is 0 Å². The molecule has 0 fully saturated rings. The molecule has 0 unspecified atom stereocenters. The SMILES string of the molecule is CC(C)c1ccnc(-c2[c-]ccc(SOOC(F)(F)F)c2)c1.CN(C)c1ccnc(-c2[c-]cc(F)cc2F)c1.COc1ccnc(-c2[c-]cc(F)cc2F)c1.Cc1cc(C)nc(S(=O)(=O)O)n1.FC(F)(F)c1[c-]c(-c2ccccn2)cc(C(F)(F)F)c1.O=S(=O)(O)c1ccccn1.O=S(=O)(O)c1ccccn1.O=S(=O)(O)c1ccccn1.O=S(=O)(O)c1ccccn1.[C-]#[N+]c1cc(C#N)[c-]c(-c2ccccn2)c1.[Ir].[Ir].[Ir].[Ir].[Ir]. The summed E-state index contributed by atoms with van der Waals surface area (Å²) >= 11 is 0.477. The van der Waals surface area contributed by atoms with Crippen molar-refractivity contribution in [2.75, 3.05) is 26.1 Å². The molecule has 56 heteroatoms. The molecule has 15 rings (SSSR count). The number of anilines is 1. The van der Waals surface area contributed by atoms with Crippen molar-refractivity contribution in [2.45, 2.75) is 82.5 Å². The summed E-state index contributed by atoms with van der Waals surface area (Å²) in [6.07, 6.45) is -1.73. The van der Waals surface area contributed by atoms with Crippen molar-refractivity contribution in [2.24, 2.45) is 0 Å². The maximum atomic E-state index is 13.5. The molecule has 10 heterocycles. The number of ether oxygens (including phenoxy) is 1. The molecule has 148 heavy (non-hydrogen) atoms. The Bertz CT molecular complexity index is 7090. The molecule has 0 spiro atoms. The first-order valence-electron chi connectivity index (χ1n) is 39.1. The minimum Gasteiger partial charge on any atom is -0.497 e. The molecule has 0 aliphatic carbocycles. The van der Waals surface area contributed by atoms with Crippen LogP contribution in [0.1, 0.15) is 53.4 Å². The van der Waals surface area contributed by atoms with Gasteiger partial charge in [0.05, 0.1) is 13.7 Å². The van der Waals surface area contributed by atoms with Gasteiger partial charge in [-0.3, -0.25) is 50.2 Å². The van der Waals surface area contributed by atoms with E-state index in [1.165, 1.54) is 117 Å². The van der Waals surface area contributed by atoms with Gasteiger partial charge in [0.15, 0.2) is 20.1 Å². The summed E-state index contributed by atoms with van der Waals surface area (Å²) in [7, 11) is -15.5. The molecule has 0 atom stereocenters. The minimum absolute atomic E-state index is 0. The van der Waals surface area contributed by atoms with Crippen LogP contribution in [0, 0.1) is 85.4 Å². The van der Waals surface area contributed by atoms with Gasteiger partial charge in [-0.25, -0.2) is 35.2 Å². The zero-order valence-corrected chi connectivity index (χ0v) is 92.8. The Morgan fingerprint density at radius 2 is 0.858 bits per heavy atom. The molecule has 5 aromatic carbocycles. The van der Waals surface area contributed by atoms with Gasteiger partial charge in [0, 0.05) is 228 Å². The third-order valence-electron chi connectivity index (χ3n) is 16.5. The number of pyridine rings is 9. The fourth-order valence-electron chi connectivity index (χ4n) is 10.2. The van der Waals surface area contributed by atoms with Crippen LogP contribution in [0.5, 0.6) is 5.75 Å². The number of rotatable bonds is 16. The van der Waals surface area contributed by atoms with Crippen molar-refractivity contribution in [3.05, 3.63) is 373 Å². The molecule has 0 saturated carbocycles. The Kier molecular flexibility index (Phi) is 57.4. The van der Waals surface area contributed by atoms with Crippen LogP contribution in [-0.2, 0) is 173 Å². The molecule has 0 bridgehead atoms. The van der Waals surface area contributed by atoms with Crippen molar-refractivity contribution in [1.29, 1.82) is 5.26 Å². The molecule has 0 saturated heterocycles. The number of nitrogens with zero attached hydrogens (tertiary/aromatic N) is 14. The summed E-state index contributed by atoms with van der Waals surface area (Å²) < 4.78 is 319. The summed E-state index contributed by atoms with van der Waals surface area (Å²) in [6.45, 7) is 14.3. The molecule has 0 amide bonds. The van der Waals surface area contributed by atoms with Crippen LogP contribution in [0.25, 0.3) is 61.1 Å². The van der Waals surface area contributed by atoms with Crippen LogP contribution in [-0.4, -0.2) is 147 Å². The summed E-state index contributed by atoms with van der Waals surface area (Å²) in [4.78, 5) is 49.9. The number of aromatic nitrogens is 11. The third-order valence-corrected chi connectivity index (χ3v) is 20.8. The van der Waals surface area contributed by atoms with Crippen LogP contribution < -0.4 is 9.64 Å². The minimum atomic E-state index is -4.91. The quantitative estimate of drug-likeness (QED) is 0.0114. The van der Waals surface area contributed by atoms with Gasteiger partial charge in [0.1, 0.15) is 11.4 Å². The molecule has 0 aliphatic rings. The number of methoxy groups -OCH3 is 1. The summed E-state index contributed by atoms with van der Waals surface area (Å²) in [5, 5.41) is 6.99. The van der Waals surface area contributed by atoms with Gasteiger partial charge in [0.2, 0.25) is 0 Å². The van der Waals surface area contributed by atoms with Gasteiger partial charge in [-0.2, -0.15) is 72.8 Å². The monoisotopic (exact) mass is 3060 g/mol. The number of hydrogen-bond donors (Lipinski definition) is 5. The fourth-order valence-corrected chi connectivity index (χ4v) is 13.0. The molecule has 15 aromatic rings. The second kappa shape index (κ2) is 63.3. The Morgan fingerprint density at radius 3 is 1.22 bits per heavy atom. The Hall–Kier alpha value is -11.7. The van der Waals surface area contributed by atoms with Gasteiger partial charge in [-0.05, 0) is 156 Å². The summed E-state index contributed by atoms with van der Waals surface area (Å²) in [5.74, 6) is -1.75. The Labute approximate surface area is 911 Å². The zero-order chi connectivity index (χ0) is 106. The number of hydrogen-bond acceptors (Lipinski definition) is 27. The molecule has 5 radical (unpaired) electrons. The second-order valence-corrected chi connectivity index (χ2v) is 35.3. The van der Waals surface area contributed by atoms with Crippen LogP contribution in [0.4, 0.5) is 68.5 Å². The van der Waals surface area contributed by atoms with E-state index < -0.39 is 109 Å². The van der Waals surface area contributed by atoms with Crippen LogP contribution in [0.15, 0.2) is 304 Å². The molecule has 32 nitrogen and oxygen atoms in total. The van der Waals surface area contributed by atoms with E-state index in [0.29, 0.717) is 91.2 Å². The Morgan fingerprint density at radius 1 is 0.446 bits per heavy atom. The van der Waals surface area contributed by atoms with Crippen molar-refractivity contribution in [1.82, 2.24) is 54.8 Å². The predicted molar refractivity (Wildman–Crippen MR) is 490 cm³/mol. The third kappa shape index (κ3) is 48.7. The largest absolute Gasteiger partial charge is 0.550 e. The van der Waals surface area contributed by atoms with E-state index in [1.807, 2.05) is 67.5 Å². The maximum Gasteiger partial charge on any atom is 0.550 e. The van der Waals surface area contributed by atoms with E-state index >= 15 is 0 Å². The zero-order valence-electron chi connectivity index (χ0n) is 75.9. The van der Waals surface area contributed by atoms with Gasteiger partial charge in [-0.15, -0.1) is 120 Å². The van der Waals surface area contributed by atoms with E-state index in [-0.39, 0.29) is 149 Å².